The van der Waals surface area contributed by atoms with Gasteiger partial charge in [-0.2, -0.15) is 5.26 Å². The van der Waals surface area contributed by atoms with Crippen LogP contribution in [0.3, 0.4) is 0 Å². The van der Waals surface area contributed by atoms with Crippen LogP contribution in [0.25, 0.3) is 0 Å². The van der Waals surface area contributed by atoms with Crippen LogP contribution in [-0.2, 0) is 16.6 Å². The van der Waals surface area contributed by atoms with Gasteiger partial charge in [0, 0.05) is 37.2 Å². The van der Waals surface area contributed by atoms with Crippen molar-refractivity contribution in [3.63, 3.8) is 0 Å². The van der Waals surface area contributed by atoms with Crippen LogP contribution >= 0.6 is 0 Å². The molecule has 32 heavy (non-hydrogen) atoms. The Morgan fingerprint density at radius 3 is 2.50 bits per heavy atom. The molecule has 0 spiro atoms. The maximum absolute atomic E-state index is 13.6. The summed E-state index contributed by atoms with van der Waals surface area (Å²) in [6, 6.07) is 5.39. The van der Waals surface area contributed by atoms with Crippen molar-refractivity contribution in [2.45, 2.75) is 39.2 Å². The quantitative estimate of drug-likeness (QED) is 0.548. The molecule has 9 heteroatoms. The number of nitrogens with one attached hydrogen (secondary N) is 2. The van der Waals surface area contributed by atoms with Crippen molar-refractivity contribution < 1.29 is 23.5 Å². The maximum atomic E-state index is 13.6. The fourth-order valence-corrected chi connectivity index (χ4v) is 3.90. The van der Waals surface area contributed by atoms with Crippen LogP contribution in [0, 0.1) is 31.0 Å². The first-order chi connectivity index (χ1) is 15.1. The zero-order valence-electron chi connectivity index (χ0n) is 18.5. The molecule has 1 aliphatic rings. The van der Waals surface area contributed by atoms with Gasteiger partial charge in [-0.3, -0.25) is 14.4 Å². The Balaban J connectivity index is 1.86. The van der Waals surface area contributed by atoms with E-state index in [0.717, 1.165) is 6.07 Å². The number of nitrogens with zero attached hydrogens (tertiary/aromatic N) is 2. The number of hydrogen-bond acceptors (Lipinski definition) is 5. The largest absolute Gasteiger partial charge is 0.381 e. The Kier molecular flexibility index (Phi) is 6.46. The lowest BCUT2D eigenvalue weighted by molar-refractivity contribution is -0.119. The number of aromatic nitrogens is 1. The van der Waals surface area contributed by atoms with E-state index in [-0.39, 0.29) is 22.5 Å². The monoisotopic (exact) mass is 440 g/mol. The molecular weight excluding hydrogens is 415 g/mol. The molecule has 1 aromatic heterocycles. The molecule has 0 bridgehead atoms. The molecule has 2 heterocycles. The standard InChI is InChI=1S/C23H25FN4O4/c1-13-18(21(30)26-16-5-6-17(24)15(11-16)12-25)14(2)28(4)19(13)20(29)22(31)27-23(3)7-9-32-10-8-23/h5-6,11H,7-10H2,1-4H3,(H,26,30)(H,27,31). The van der Waals surface area contributed by atoms with E-state index in [0.29, 0.717) is 37.3 Å². The topological polar surface area (TPSA) is 113 Å². The lowest BCUT2D eigenvalue weighted by Gasteiger charge is -2.34. The molecule has 1 fully saturated rings. The van der Waals surface area contributed by atoms with Gasteiger partial charge in [0.05, 0.1) is 16.8 Å². The van der Waals surface area contributed by atoms with Crippen molar-refractivity contribution in [3.8, 4) is 6.07 Å². The summed E-state index contributed by atoms with van der Waals surface area (Å²) in [5, 5.41) is 14.4. The number of benzene rings is 1. The Morgan fingerprint density at radius 1 is 1.22 bits per heavy atom. The predicted molar refractivity (Wildman–Crippen MR) is 115 cm³/mol. The second-order valence-corrected chi connectivity index (χ2v) is 8.21. The van der Waals surface area contributed by atoms with Gasteiger partial charge in [-0.15, -0.1) is 0 Å². The zero-order valence-corrected chi connectivity index (χ0v) is 18.5. The minimum Gasteiger partial charge on any atom is -0.381 e. The van der Waals surface area contributed by atoms with Crippen molar-refractivity contribution in [1.29, 1.82) is 5.26 Å². The van der Waals surface area contributed by atoms with Crippen LogP contribution in [0.2, 0.25) is 0 Å². The van der Waals surface area contributed by atoms with E-state index in [2.05, 4.69) is 10.6 Å². The number of rotatable bonds is 5. The van der Waals surface area contributed by atoms with E-state index in [4.69, 9.17) is 10.00 Å². The summed E-state index contributed by atoms with van der Waals surface area (Å²) in [5.41, 5.74) is 0.743. The summed E-state index contributed by atoms with van der Waals surface area (Å²) >= 11 is 0. The van der Waals surface area contributed by atoms with Crippen LogP contribution < -0.4 is 10.6 Å². The number of anilines is 1. The molecule has 2 N–H and O–H groups in total. The van der Waals surface area contributed by atoms with Gasteiger partial charge in [0.2, 0.25) is 0 Å². The lowest BCUT2D eigenvalue weighted by atomic mass is 9.92. The Morgan fingerprint density at radius 2 is 1.88 bits per heavy atom. The van der Waals surface area contributed by atoms with Gasteiger partial charge in [-0.05, 0) is 57.4 Å². The summed E-state index contributed by atoms with van der Waals surface area (Å²) in [6.45, 7) is 6.16. The van der Waals surface area contributed by atoms with Gasteiger partial charge in [0.25, 0.3) is 17.6 Å². The Labute approximate surface area is 185 Å². The second kappa shape index (κ2) is 8.93. The molecule has 8 nitrogen and oxygen atoms in total. The fourth-order valence-electron chi connectivity index (χ4n) is 3.90. The third kappa shape index (κ3) is 4.41. The van der Waals surface area contributed by atoms with Crippen LogP contribution in [0.15, 0.2) is 18.2 Å². The van der Waals surface area contributed by atoms with E-state index >= 15 is 0 Å². The number of carbonyl (C=O) groups is 3. The first-order valence-corrected chi connectivity index (χ1v) is 10.2. The van der Waals surface area contributed by atoms with E-state index < -0.39 is 29.0 Å². The van der Waals surface area contributed by atoms with Gasteiger partial charge in [-0.25, -0.2) is 4.39 Å². The molecule has 0 atom stereocenters. The summed E-state index contributed by atoms with van der Waals surface area (Å²) in [5.74, 6) is -2.67. The normalized spacial score (nSPS) is 15.0. The third-order valence-corrected chi connectivity index (χ3v) is 5.94. The molecule has 0 radical (unpaired) electrons. The Bertz CT molecular complexity index is 1140. The lowest BCUT2D eigenvalue weighted by Crippen LogP contribution is -2.51. The number of carbonyl (C=O) groups excluding carboxylic acids is 3. The molecule has 0 aliphatic carbocycles. The van der Waals surface area contributed by atoms with Crippen molar-refractivity contribution >= 4 is 23.3 Å². The highest BCUT2D eigenvalue weighted by molar-refractivity contribution is 6.43. The van der Waals surface area contributed by atoms with E-state index in [1.54, 1.807) is 27.0 Å². The SMILES string of the molecule is Cc1c(C(=O)Nc2ccc(F)c(C#N)c2)c(C)n(C)c1C(=O)C(=O)NC1(C)CCOCC1. The number of amides is 2. The summed E-state index contributed by atoms with van der Waals surface area (Å²) in [7, 11) is 1.61. The molecule has 1 aromatic carbocycles. The van der Waals surface area contributed by atoms with Crippen LogP contribution in [0.1, 0.15) is 57.4 Å². The van der Waals surface area contributed by atoms with E-state index in [1.165, 1.54) is 16.7 Å². The number of ether oxygens (including phenoxy) is 1. The van der Waals surface area contributed by atoms with Gasteiger partial charge < -0.3 is 19.9 Å². The molecule has 0 saturated carbocycles. The van der Waals surface area contributed by atoms with Crippen LogP contribution in [0.5, 0.6) is 0 Å². The number of hydrogen-bond donors (Lipinski definition) is 2. The number of nitriles is 1. The number of ketones is 1. The molecule has 2 amide bonds. The van der Waals surface area contributed by atoms with Crippen LogP contribution in [0.4, 0.5) is 10.1 Å². The predicted octanol–water partition coefficient (Wildman–Crippen LogP) is 2.77. The third-order valence-electron chi connectivity index (χ3n) is 5.94. The maximum Gasteiger partial charge on any atom is 0.294 e. The Hall–Kier alpha value is -3.51. The number of halogens is 1. The van der Waals surface area contributed by atoms with E-state index in [9.17, 15) is 18.8 Å². The van der Waals surface area contributed by atoms with Crippen molar-refractivity contribution in [3.05, 3.63) is 52.1 Å². The van der Waals surface area contributed by atoms with Crippen LogP contribution in [-0.4, -0.2) is 40.9 Å². The first-order valence-electron chi connectivity index (χ1n) is 10.2. The smallest absolute Gasteiger partial charge is 0.294 e. The molecule has 1 aliphatic heterocycles. The van der Waals surface area contributed by atoms with Crippen molar-refractivity contribution in [2.24, 2.45) is 7.05 Å². The molecule has 2 aromatic rings. The molecule has 3 rings (SSSR count). The highest BCUT2D eigenvalue weighted by atomic mass is 19.1. The fraction of sp³-hybridized carbons (Fsp3) is 0.391. The highest BCUT2D eigenvalue weighted by Gasteiger charge is 2.34. The highest BCUT2D eigenvalue weighted by Crippen LogP contribution is 2.25. The molecule has 1 saturated heterocycles. The second-order valence-electron chi connectivity index (χ2n) is 8.21. The average Bonchev–Trinajstić information content (AvgIpc) is 2.97. The summed E-state index contributed by atoms with van der Waals surface area (Å²) in [6.07, 6.45) is 1.21. The van der Waals surface area contributed by atoms with Gasteiger partial charge in [0.15, 0.2) is 0 Å². The molecule has 0 unspecified atom stereocenters. The zero-order chi connectivity index (χ0) is 23.6. The minimum absolute atomic E-state index is 0.123. The molecule has 168 valence electrons. The number of Topliss-reactive ketones (excluding diaryl/α,β-unsaturated/α-hetero) is 1. The summed E-state index contributed by atoms with van der Waals surface area (Å²) in [4.78, 5) is 38.7. The van der Waals surface area contributed by atoms with Crippen molar-refractivity contribution in [1.82, 2.24) is 9.88 Å². The average molecular weight is 440 g/mol. The van der Waals surface area contributed by atoms with Gasteiger partial charge in [-0.1, -0.05) is 0 Å². The summed E-state index contributed by atoms with van der Waals surface area (Å²) < 4.78 is 20.4. The van der Waals surface area contributed by atoms with Gasteiger partial charge >= 0.3 is 0 Å². The first kappa shape index (κ1) is 23.2. The minimum atomic E-state index is -0.734. The molecular formula is C23H25FN4O4. The van der Waals surface area contributed by atoms with Gasteiger partial charge in [0.1, 0.15) is 11.9 Å². The van der Waals surface area contributed by atoms with E-state index in [1.807, 2.05) is 6.92 Å². The van der Waals surface area contributed by atoms with Crippen molar-refractivity contribution in [2.75, 3.05) is 18.5 Å².